The van der Waals surface area contributed by atoms with Crippen LogP contribution in [0, 0.1) is 5.92 Å². The van der Waals surface area contributed by atoms with Gasteiger partial charge >= 0.3 is 0 Å². The molecule has 2 aromatic rings. The van der Waals surface area contributed by atoms with E-state index in [-0.39, 0.29) is 12.0 Å². The van der Waals surface area contributed by atoms with Crippen molar-refractivity contribution in [2.45, 2.75) is 18.9 Å². The summed E-state index contributed by atoms with van der Waals surface area (Å²) in [4.78, 5) is 12.7. The lowest BCUT2D eigenvalue weighted by Gasteiger charge is -2.29. The van der Waals surface area contributed by atoms with E-state index in [4.69, 9.17) is 0 Å². The molecule has 1 heterocycles. The third kappa shape index (κ3) is 2.68. The van der Waals surface area contributed by atoms with Gasteiger partial charge in [-0.3, -0.25) is 4.79 Å². The molecule has 0 saturated carbocycles. The van der Waals surface area contributed by atoms with E-state index in [1.165, 1.54) is 0 Å². The molecule has 2 N–H and O–H groups in total. The molecule has 1 aliphatic heterocycles. The Morgan fingerprint density at radius 1 is 1.04 bits per heavy atom. The first kappa shape index (κ1) is 14.5. The van der Waals surface area contributed by atoms with Gasteiger partial charge in [-0.2, -0.15) is 0 Å². The normalized spacial score (nSPS) is 22.8. The summed E-state index contributed by atoms with van der Waals surface area (Å²) < 4.78 is 1.02. The highest BCUT2D eigenvalue weighted by Gasteiger charge is 2.36. The van der Waals surface area contributed by atoms with E-state index >= 15 is 0 Å². The third-order valence-corrected chi connectivity index (χ3v) is 4.99. The summed E-state index contributed by atoms with van der Waals surface area (Å²) in [6, 6.07) is 16.2. The molecule has 0 radical (unpaired) electrons. The maximum absolute atomic E-state index is 12.7. The molecule has 0 fully saturated rings. The standard InChI is InChI=1S/C19H17BrN2O/c20-13-6-3-5-12(11-13)19-18-16(9-4-10-17(18)23)21-14-7-1-2-8-15(14)22-19/h1-3,5-9,11,18-19,21-22H,4,10H2/t18-,19-/m0/s1. The Labute approximate surface area is 143 Å². The molecular formula is C19H17BrN2O. The van der Waals surface area contributed by atoms with Crippen LogP contribution in [0.4, 0.5) is 11.4 Å². The zero-order valence-corrected chi connectivity index (χ0v) is 14.1. The lowest BCUT2D eigenvalue weighted by atomic mass is 9.82. The van der Waals surface area contributed by atoms with Gasteiger partial charge in [-0.25, -0.2) is 0 Å². The summed E-state index contributed by atoms with van der Waals surface area (Å²) in [5.74, 6) is 0.116. The number of benzene rings is 2. The molecule has 0 amide bonds. The quantitative estimate of drug-likeness (QED) is 0.752. The van der Waals surface area contributed by atoms with Crippen LogP contribution in [0.15, 0.2) is 64.8 Å². The molecule has 116 valence electrons. The molecule has 2 aromatic carbocycles. The van der Waals surface area contributed by atoms with Crippen LogP contribution in [0.5, 0.6) is 0 Å². The molecule has 4 rings (SSSR count). The van der Waals surface area contributed by atoms with Gasteiger partial charge in [-0.15, -0.1) is 0 Å². The molecule has 3 nitrogen and oxygen atoms in total. The fourth-order valence-electron chi connectivity index (χ4n) is 3.42. The van der Waals surface area contributed by atoms with Gasteiger partial charge < -0.3 is 10.6 Å². The number of carbonyl (C=O) groups is 1. The number of halogens is 1. The number of Topliss-reactive ketones (excluding diaryl/α,β-unsaturated/α-hetero) is 1. The zero-order chi connectivity index (χ0) is 15.8. The summed E-state index contributed by atoms with van der Waals surface area (Å²) >= 11 is 3.54. The molecule has 23 heavy (non-hydrogen) atoms. The molecule has 0 unspecified atom stereocenters. The number of fused-ring (bicyclic) bond motifs is 2. The molecule has 0 spiro atoms. The highest BCUT2D eigenvalue weighted by molar-refractivity contribution is 9.10. The van der Waals surface area contributed by atoms with Gasteiger partial charge in [0.2, 0.25) is 0 Å². The summed E-state index contributed by atoms with van der Waals surface area (Å²) in [6.45, 7) is 0. The number of nitrogens with one attached hydrogen (secondary N) is 2. The number of anilines is 2. The molecule has 0 saturated heterocycles. The van der Waals surface area contributed by atoms with Gasteiger partial charge in [0.25, 0.3) is 0 Å². The monoisotopic (exact) mass is 368 g/mol. The lowest BCUT2D eigenvalue weighted by Crippen LogP contribution is -2.31. The number of hydrogen-bond donors (Lipinski definition) is 2. The number of allylic oxidation sites excluding steroid dienone is 1. The van der Waals surface area contributed by atoms with Gasteiger partial charge in [0.1, 0.15) is 5.78 Å². The molecule has 2 aliphatic rings. The lowest BCUT2D eigenvalue weighted by molar-refractivity contribution is -0.122. The summed E-state index contributed by atoms with van der Waals surface area (Å²) in [5.41, 5.74) is 4.18. The van der Waals surface area contributed by atoms with E-state index in [9.17, 15) is 4.79 Å². The Kier molecular flexibility index (Phi) is 3.69. The largest absolute Gasteiger partial charge is 0.375 e. The highest BCUT2D eigenvalue weighted by atomic mass is 79.9. The number of ketones is 1. The Hall–Kier alpha value is -2.07. The van der Waals surface area contributed by atoms with E-state index in [0.717, 1.165) is 33.5 Å². The Balaban J connectivity index is 1.86. The Morgan fingerprint density at radius 2 is 1.87 bits per heavy atom. The number of rotatable bonds is 1. The van der Waals surface area contributed by atoms with Crippen molar-refractivity contribution in [1.29, 1.82) is 0 Å². The topological polar surface area (TPSA) is 41.1 Å². The number of para-hydroxylation sites is 2. The summed E-state index contributed by atoms with van der Waals surface area (Å²) in [7, 11) is 0. The van der Waals surface area contributed by atoms with Gasteiger partial charge in [0.05, 0.1) is 23.3 Å². The smallest absolute Gasteiger partial charge is 0.144 e. The van der Waals surface area contributed by atoms with Crippen LogP contribution in [0.25, 0.3) is 0 Å². The molecule has 2 atom stereocenters. The van der Waals surface area contributed by atoms with Crippen molar-refractivity contribution in [2.75, 3.05) is 10.6 Å². The van der Waals surface area contributed by atoms with E-state index < -0.39 is 0 Å². The first-order valence-electron chi connectivity index (χ1n) is 7.83. The van der Waals surface area contributed by atoms with Crippen LogP contribution in [-0.4, -0.2) is 5.78 Å². The highest BCUT2D eigenvalue weighted by Crippen LogP contribution is 2.41. The van der Waals surface area contributed by atoms with Gasteiger partial charge in [-0.05, 0) is 36.2 Å². The Bertz CT molecular complexity index is 799. The van der Waals surface area contributed by atoms with Crippen LogP contribution in [-0.2, 0) is 4.79 Å². The van der Waals surface area contributed by atoms with E-state index in [2.05, 4.69) is 50.8 Å². The second-order valence-corrected chi connectivity index (χ2v) is 6.91. The van der Waals surface area contributed by atoms with Crippen molar-refractivity contribution in [3.05, 3.63) is 70.3 Å². The van der Waals surface area contributed by atoms with Crippen molar-refractivity contribution >= 4 is 33.1 Å². The molecule has 0 bridgehead atoms. The molecule has 4 heteroatoms. The van der Waals surface area contributed by atoms with Crippen LogP contribution in [0.1, 0.15) is 24.4 Å². The van der Waals surface area contributed by atoms with Gasteiger partial charge in [-0.1, -0.05) is 46.3 Å². The zero-order valence-electron chi connectivity index (χ0n) is 12.6. The van der Waals surface area contributed by atoms with Crippen molar-refractivity contribution in [2.24, 2.45) is 5.92 Å². The third-order valence-electron chi connectivity index (χ3n) is 4.50. The average Bonchev–Trinajstić information content (AvgIpc) is 2.72. The summed E-state index contributed by atoms with van der Waals surface area (Å²) in [5, 5.41) is 7.06. The van der Waals surface area contributed by atoms with E-state index in [1.54, 1.807) is 0 Å². The molecule has 1 aliphatic carbocycles. The second kappa shape index (κ2) is 5.85. The average molecular weight is 369 g/mol. The predicted octanol–water partition coefficient (Wildman–Crippen LogP) is 4.89. The fraction of sp³-hybridized carbons (Fsp3) is 0.211. The van der Waals surface area contributed by atoms with Crippen LogP contribution in [0.2, 0.25) is 0 Å². The minimum atomic E-state index is -0.176. The first-order valence-corrected chi connectivity index (χ1v) is 8.62. The van der Waals surface area contributed by atoms with Crippen LogP contribution < -0.4 is 10.6 Å². The SMILES string of the molecule is O=C1CCC=C2Nc3ccccc3N[C@@H](c3cccc(Br)c3)[C@H]12. The minimum Gasteiger partial charge on any atom is -0.375 e. The van der Waals surface area contributed by atoms with Gasteiger partial charge in [0.15, 0.2) is 0 Å². The Morgan fingerprint density at radius 3 is 2.70 bits per heavy atom. The van der Waals surface area contributed by atoms with Gasteiger partial charge in [0, 0.05) is 16.6 Å². The van der Waals surface area contributed by atoms with Crippen LogP contribution >= 0.6 is 15.9 Å². The van der Waals surface area contributed by atoms with E-state index in [0.29, 0.717) is 12.2 Å². The maximum Gasteiger partial charge on any atom is 0.144 e. The summed E-state index contributed by atoms with van der Waals surface area (Å²) in [6.07, 6.45) is 3.59. The predicted molar refractivity (Wildman–Crippen MR) is 96.4 cm³/mol. The number of carbonyl (C=O) groups excluding carboxylic acids is 1. The van der Waals surface area contributed by atoms with E-state index in [1.807, 2.05) is 30.3 Å². The van der Waals surface area contributed by atoms with Crippen molar-refractivity contribution in [3.63, 3.8) is 0 Å². The maximum atomic E-state index is 12.7. The fourth-order valence-corrected chi connectivity index (χ4v) is 3.84. The van der Waals surface area contributed by atoms with Crippen LogP contribution in [0.3, 0.4) is 0 Å². The molecular weight excluding hydrogens is 352 g/mol. The second-order valence-electron chi connectivity index (χ2n) is 5.99. The first-order chi connectivity index (χ1) is 11.2. The van der Waals surface area contributed by atoms with Crippen molar-refractivity contribution < 1.29 is 4.79 Å². The molecule has 0 aromatic heterocycles. The minimum absolute atomic E-state index is 0.0669. The number of hydrogen-bond acceptors (Lipinski definition) is 3. The van der Waals surface area contributed by atoms with Crippen molar-refractivity contribution in [3.8, 4) is 0 Å². The van der Waals surface area contributed by atoms with Crippen molar-refractivity contribution in [1.82, 2.24) is 0 Å².